The molecule has 1 saturated heterocycles. The van der Waals surface area contributed by atoms with Crippen molar-refractivity contribution in [2.75, 3.05) is 18.0 Å². The van der Waals surface area contributed by atoms with Crippen molar-refractivity contribution < 1.29 is 0 Å². The van der Waals surface area contributed by atoms with Gasteiger partial charge in [0.05, 0.1) is 11.6 Å². The lowest BCUT2D eigenvalue weighted by Crippen LogP contribution is -2.36. The number of nitrogens with two attached hydrogens (primary N) is 1. The number of hydrogen-bond donors (Lipinski definition) is 1. The minimum Gasteiger partial charge on any atom is -0.352 e. The van der Waals surface area contributed by atoms with Crippen LogP contribution in [0.4, 0.5) is 5.82 Å². The van der Waals surface area contributed by atoms with Crippen molar-refractivity contribution >= 4 is 22.4 Å². The molecule has 3 fully saturated rings. The van der Waals surface area contributed by atoms with Gasteiger partial charge in [0, 0.05) is 36.1 Å². The molecule has 0 radical (unpaired) electrons. The lowest BCUT2D eigenvalue weighted by Gasteiger charge is -2.28. The lowest BCUT2D eigenvalue weighted by molar-refractivity contribution is 0.537. The first kappa shape index (κ1) is 18.0. The Labute approximate surface area is 167 Å². The topological polar surface area (TPSA) is 67.4 Å². The largest absolute Gasteiger partial charge is 0.352 e. The van der Waals surface area contributed by atoms with Gasteiger partial charge in [-0.25, -0.2) is 9.97 Å². The van der Waals surface area contributed by atoms with E-state index in [1.54, 1.807) is 0 Å². The lowest BCUT2D eigenvalue weighted by atomic mass is 9.87. The van der Waals surface area contributed by atoms with Crippen molar-refractivity contribution in [3.63, 3.8) is 0 Å². The molecule has 2 N–H and O–H groups in total. The summed E-state index contributed by atoms with van der Waals surface area (Å²) in [6.07, 6.45) is 9.42. The van der Waals surface area contributed by atoms with E-state index in [1.165, 1.54) is 35.9 Å². The fourth-order valence-electron chi connectivity index (χ4n) is 4.80. The van der Waals surface area contributed by atoms with E-state index in [4.69, 9.17) is 20.7 Å². The molecular formula is C23H31N5. The minimum absolute atomic E-state index is 0.398. The number of aromatic nitrogens is 2. The van der Waals surface area contributed by atoms with Crippen molar-refractivity contribution in [2.24, 2.45) is 10.7 Å². The van der Waals surface area contributed by atoms with Crippen LogP contribution in [0, 0.1) is 6.92 Å². The molecule has 0 amide bonds. The van der Waals surface area contributed by atoms with Crippen LogP contribution in [0.2, 0.25) is 0 Å². The number of benzene rings is 1. The van der Waals surface area contributed by atoms with Gasteiger partial charge in [0.15, 0.2) is 0 Å². The normalized spacial score (nSPS) is 25.5. The van der Waals surface area contributed by atoms with E-state index in [0.717, 1.165) is 55.8 Å². The molecule has 1 aliphatic heterocycles. The van der Waals surface area contributed by atoms with E-state index in [2.05, 4.69) is 30.0 Å². The van der Waals surface area contributed by atoms with Gasteiger partial charge in [-0.15, -0.1) is 0 Å². The smallest absolute Gasteiger partial charge is 0.140 e. The molecule has 5 heteroatoms. The maximum atomic E-state index is 6.08. The molecular weight excluding hydrogens is 346 g/mol. The molecule has 0 bridgehead atoms. The third-order valence-electron chi connectivity index (χ3n) is 6.61. The Hall–Kier alpha value is -2.01. The van der Waals surface area contributed by atoms with Gasteiger partial charge >= 0.3 is 0 Å². The summed E-state index contributed by atoms with van der Waals surface area (Å²) in [5.74, 6) is 2.58. The molecule has 3 aliphatic rings. The van der Waals surface area contributed by atoms with Crippen molar-refractivity contribution in [3.05, 3.63) is 29.6 Å². The molecule has 2 heterocycles. The molecule has 28 heavy (non-hydrogen) atoms. The average Bonchev–Trinajstić information content (AvgIpc) is 3.40. The third kappa shape index (κ3) is 3.52. The van der Waals surface area contributed by atoms with E-state index in [1.807, 2.05) is 0 Å². The Bertz CT molecular complexity index is 891. The molecule has 2 aromatic rings. The highest BCUT2D eigenvalue weighted by molar-refractivity contribution is 5.90. The molecule has 0 unspecified atom stereocenters. The molecule has 1 aromatic heterocycles. The van der Waals surface area contributed by atoms with Gasteiger partial charge in [0.2, 0.25) is 0 Å². The van der Waals surface area contributed by atoms with Crippen LogP contribution < -0.4 is 10.6 Å². The summed E-state index contributed by atoms with van der Waals surface area (Å²) in [5.41, 5.74) is 9.84. The molecule has 2 aliphatic carbocycles. The Morgan fingerprint density at radius 3 is 2.68 bits per heavy atom. The van der Waals surface area contributed by atoms with Crippen LogP contribution >= 0.6 is 0 Å². The zero-order valence-electron chi connectivity index (χ0n) is 16.9. The fourth-order valence-corrected chi connectivity index (χ4v) is 4.80. The van der Waals surface area contributed by atoms with E-state index >= 15 is 0 Å². The summed E-state index contributed by atoms with van der Waals surface area (Å²) in [7, 11) is 0. The Balaban J connectivity index is 1.48. The molecule has 5 rings (SSSR count). The summed E-state index contributed by atoms with van der Waals surface area (Å²) < 4.78 is 0. The molecule has 2 saturated carbocycles. The van der Waals surface area contributed by atoms with Crippen LogP contribution in [-0.4, -0.2) is 40.9 Å². The Morgan fingerprint density at radius 2 is 1.93 bits per heavy atom. The van der Waals surface area contributed by atoms with E-state index in [0.29, 0.717) is 24.5 Å². The van der Waals surface area contributed by atoms with Gasteiger partial charge < -0.3 is 10.6 Å². The highest BCUT2D eigenvalue weighted by Crippen LogP contribution is 2.36. The molecule has 0 spiro atoms. The number of nitrogens with zero attached hydrogens (tertiary/aromatic N) is 4. The van der Waals surface area contributed by atoms with Crippen molar-refractivity contribution in [1.82, 2.24) is 9.97 Å². The number of aliphatic imine (C=N–C) groups is 1. The predicted molar refractivity (Wildman–Crippen MR) is 115 cm³/mol. The van der Waals surface area contributed by atoms with Crippen LogP contribution in [0.3, 0.4) is 0 Å². The summed E-state index contributed by atoms with van der Waals surface area (Å²) in [4.78, 5) is 17.5. The van der Waals surface area contributed by atoms with E-state index in [9.17, 15) is 0 Å². The van der Waals surface area contributed by atoms with Gasteiger partial charge in [0.1, 0.15) is 11.6 Å². The van der Waals surface area contributed by atoms with Gasteiger partial charge in [-0.3, -0.25) is 4.99 Å². The van der Waals surface area contributed by atoms with Crippen molar-refractivity contribution in [2.45, 2.75) is 76.3 Å². The first-order valence-electron chi connectivity index (χ1n) is 11.0. The molecule has 5 nitrogen and oxygen atoms in total. The maximum Gasteiger partial charge on any atom is 0.140 e. The minimum atomic E-state index is 0.398. The number of anilines is 1. The zero-order valence-corrected chi connectivity index (χ0v) is 16.9. The standard InChI is InChI=1S/C23H31N5/c1-15-4-11-21-20(13-15)23(28-12-2-3-19(28)14-24)27-22(26-21)16-5-7-17(8-6-16)25-18-9-10-18/h4,11,13,16,18-19H,2-3,5-10,12,14,24H2,1H3/t16?,19-/m1/s1. The van der Waals surface area contributed by atoms with Gasteiger partial charge in [-0.1, -0.05) is 11.6 Å². The molecule has 1 aromatic carbocycles. The first-order valence-corrected chi connectivity index (χ1v) is 11.0. The van der Waals surface area contributed by atoms with Crippen LogP contribution in [-0.2, 0) is 0 Å². The van der Waals surface area contributed by atoms with Gasteiger partial charge in [-0.05, 0) is 70.4 Å². The third-order valence-corrected chi connectivity index (χ3v) is 6.61. The summed E-state index contributed by atoms with van der Waals surface area (Å²) in [5, 5.41) is 1.18. The zero-order chi connectivity index (χ0) is 19.1. The number of hydrogen-bond acceptors (Lipinski definition) is 5. The summed E-state index contributed by atoms with van der Waals surface area (Å²) >= 11 is 0. The SMILES string of the molecule is Cc1ccc2nc(C3CCC(=NC4CC4)CC3)nc(N3CCC[C@@H]3CN)c2c1. The van der Waals surface area contributed by atoms with Crippen LogP contribution in [0.1, 0.15) is 68.7 Å². The molecule has 148 valence electrons. The number of fused-ring (bicyclic) bond motifs is 1. The van der Waals surface area contributed by atoms with Crippen LogP contribution in [0.5, 0.6) is 0 Å². The van der Waals surface area contributed by atoms with Crippen molar-refractivity contribution in [3.8, 4) is 0 Å². The maximum absolute atomic E-state index is 6.08. The van der Waals surface area contributed by atoms with Crippen molar-refractivity contribution in [1.29, 1.82) is 0 Å². The number of aryl methyl sites for hydroxylation is 1. The van der Waals surface area contributed by atoms with Crippen LogP contribution in [0.15, 0.2) is 23.2 Å². The Kier molecular flexibility index (Phi) is 4.79. The van der Waals surface area contributed by atoms with Gasteiger partial charge in [0.25, 0.3) is 0 Å². The number of rotatable bonds is 4. The second-order valence-electron chi connectivity index (χ2n) is 8.85. The van der Waals surface area contributed by atoms with Crippen LogP contribution in [0.25, 0.3) is 10.9 Å². The fraction of sp³-hybridized carbons (Fsp3) is 0.609. The summed E-state index contributed by atoms with van der Waals surface area (Å²) in [6.45, 7) is 3.88. The monoisotopic (exact) mass is 377 g/mol. The first-order chi connectivity index (χ1) is 13.7. The second-order valence-corrected chi connectivity index (χ2v) is 8.85. The highest BCUT2D eigenvalue weighted by Gasteiger charge is 2.29. The van der Waals surface area contributed by atoms with Gasteiger partial charge in [-0.2, -0.15) is 0 Å². The quantitative estimate of drug-likeness (QED) is 0.870. The average molecular weight is 378 g/mol. The van der Waals surface area contributed by atoms with E-state index in [-0.39, 0.29) is 0 Å². The highest BCUT2D eigenvalue weighted by atomic mass is 15.2. The predicted octanol–water partition coefficient (Wildman–Crippen LogP) is 4.13. The molecule has 1 atom stereocenters. The Morgan fingerprint density at radius 1 is 1.11 bits per heavy atom. The van der Waals surface area contributed by atoms with E-state index < -0.39 is 0 Å². The second kappa shape index (κ2) is 7.43. The summed E-state index contributed by atoms with van der Waals surface area (Å²) in [6, 6.07) is 7.60.